The molecule has 3 rings (SSSR count). The largest absolute Gasteiger partial charge is 0.463 e. The number of nitrogens with zero attached hydrogens (tertiary/aromatic N) is 3. The number of benzene rings is 2. The summed E-state index contributed by atoms with van der Waals surface area (Å²) in [6.45, 7) is 4.12. The van der Waals surface area contributed by atoms with Crippen LogP contribution >= 0.6 is 0 Å². The van der Waals surface area contributed by atoms with Gasteiger partial charge in [0, 0.05) is 18.5 Å². The molecule has 0 amide bonds. The van der Waals surface area contributed by atoms with Crippen molar-refractivity contribution in [1.82, 2.24) is 9.97 Å². The van der Waals surface area contributed by atoms with Crippen LogP contribution in [0.3, 0.4) is 0 Å². The van der Waals surface area contributed by atoms with Gasteiger partial charge >= 0.3 is 12.0 Å². The second-order valence-corrected chi connectivity index (χ2v) is 10.5. The molecule has 0 radical (unpaired) electrons. The Balaban J connectivity index is 1.64. The van der Waals surface area contributed by atoms with E-state index >= 15 is 0 Å². The van der Waals surface area contributed by atoms with E-state index in [9.17, 15) is 14.9 Å². The van der Waals surface area contributed by atoms with Crippen molar-refractivity contribution in [3.8, 4) is 6.01 Å². The number of aryl methyl sites for hydroxylation is 2. The van der Waals surface area contributed by atoms with E-state index in [1.807, 2.05) is 80.6 Å². The Labute approximate surface area is 253 Å². The first-order valence-corrected chi connectivity index (χ1v) is 15.0. The summed E-state index contributed by atoms with van der Waals surface area (Å²) >= 11 is 0. The van der Waals surface area contributed by atoms with E-state index in [-0.39, 0.29) is 19.2 Å². The van der Waals surface area contributed by atoms with Crippen LogP contribution in [0.25, 0.3) is 0 Å². The minimum absolute atomic E-state index is 0.0815. The normalized spacial score (nSPS) is 12.0. The zero-order valence-electron chi connectivity index (χ0n) is 25.4. The lowest BCUT2D eigenvalue weighted by Gasteiger charge is -2.38. The predicted octanol–water partition coefficient (Wildman–Crippen LogP) is 6.69. The molecular weight excluding hydrogens is 550 g/mol. The number of ether oxygens (including phenoxy) is 3. The van der Waals surface area contributed by atoms with Gasteiger partial charge in [-0.3, -0.25) is 0 Å². The molecule has 43 heavy (non-hydrogen) atoms. The molecule has 0 spiro atoms. The number of methoxy groups -OCH3 is 1. The highest BCUT2D eigenvalue weighted by molar-refractivity contribution is 5.78. The summed E-state index contributed by atoms with van der Waals surface area (Å²) in [5.41, 5.74) is 1.60. The average Bonchev–Trinajstić information content (AvgIpc) is 3.00. The summed E-state index contributed by atoms with van der Waals surface area (Å²) < 4.78 is 18.4. The van der Waals surface area contributed by atoms with Crippen molar-refractivity contribution in [2.45, 2.75) is 83.3 Å². The number of rotatable bonds is 20. The van der Waals surface area contributed by atoms with Crippen LogP contribution in [0.1, 0.15) is 80.3 Å². The molecule has 1 atom stereocenters. The quantitative estimate of drug-likeness (QED) is 0.0610. The molecule has 10 nitrogen and oxygen atoms in total. The summed E-state index contributed by atoms with van der Waals surface area (Å²) in [6, 6.07) is 20.9. The van der Waals surface area contributed by atoms with Gasteiger partial charge in [0.2, 0.25) is 6.10 Å². The fraction of sp³-hybridized carbons (Fsp3) is 0.485. The predicted molar refractivity (Wildman–Crippen MR) is 162 cm³/mol. The number of hydrogen-bond acceptors (Lipinski definition) is 9. The first-order valence-electron chi connectivity index (χ1n) is 15.0. The van der Waals surface area contributed by atoms with Crippen molar-refractivity contribution in [3.63, 3.8) is 0 Å². The second kappa shape index (κ2) is 17.8. The van der Waals surface area contributed by atoms with E-state index in [4.69, 9.17) is 14.2 Å². The number of aromatic nitrogens is 2. The Bertz CT molecular complexity index is 1200. The third-order valence-corrected chi connectivity index (χ3v) is 7.23. The summed E-state index contributed by atoms with van der Waals surface area (Å²) in [6.07, 6.45) is 7.42. The molecule has 0 fully saturated rings. The third-order valence-electron chi connectivity index (χ3n) is 7.23. The number of carbonyl (C=O) groups is 1. The maximum absolute atomic E-state index is 13.9. The Morgan fingerprint density at radius 1 is 0.791 bits per heavy atom. The van der Waals surface area contributed by atoms with Gasteiger partial charge in [0.15, 0.2) is 5.60 Å². The van der Waals surface area contributed by atoms with Crippen molar-refractivity contribution >= 4 is 5.97 Å². The van der Waals surface area contributed by atoms with Crippen molar-refractivity contribution < 1.29 is 28.9 Å². The highest BCUT2D eigenvalue weighted by atomic mass is 16.9. The van der Waals surface area contributed by atoms with Gasteiger partial charge in [-0.15, -0.1) is 10.1 Å². The summed E-state index contributed by atoms with van der Waals surface area (Å²) in [4.78, 5) is 37.2. The van der Waals surface area contributed by atoms with E-state index in [1.165, 1.54) is 0 Å². The molecule has 3 aromatic rings. The number of carbonyl (C=O) groups excluding carboxylic acids is 1. The average molecular weight is 594 g/mol. The lowest BCUT2D eigenvalue weighted by Crippen LogP contribution is -2.51. The van der Waals surface area contributed by atoms with E-state index in [2.05, 4.69) is 14.8 Å². The molecule has 232 valence electrons. The number of esters is 1. The topological polar surface area (TPSA) is 123 Å². The molecule has 2 aromatic carbocycles. The van der Waals surface area contributed by atoms with Gasteiger partial charge in [-0.1, -0.05) is 106 Å². The van der Waals surface area contributed by atoms with Gasteiger partial charge in [-0.25, -0.2) is 14.8 Å². The zero-order chi connectivity index (χ0) is 30.9. The van der Waals surface area contributed by atoms with E-state index in [1.54, 1.807) is 7.11 Å². The number of unbranched alkanes of at least 4 members (excludes halogenated alkanes) is 8. The lowest BCUT2D eigenvalue weighted by atomic mass is 9.81. The standard InChI is InChI=1S/C33H43N3O7/c1-26-25-27(2)35-32(34-26)43-30(33(40-3,28-19-13-11-14-20-28)29-21-15-12-16-22-29)31(37)41-23-17-9-7-5-4-6-8-10-18-24-42-36(38)39/h11-16,19-22,25,30H,4-10,17-18,23-24H2,1-3H3/t30-/m1/s1. The molecular formula is C33H43N3O7. The van der Waals surface area contributed by atoms with Gasteiger partial charge in [0.05, 0.1) is 13.2 Å². The summed E-state index contributed by atoms with van der Waals surface area (Å²) in [5.74, 6) is -0.557. The smallest absolute Gasteiger partial charge is 0.351 e. The molecule has 0 bridgehead atoms. The molecule has 10 heteroatoms. The van der Waals surface area contributed by atoms with Crippen LogP contribution in [-0.4, -0.2) is 47.5 Å². The molecule has 1 heterocycles. The minimum Gasteiger partial charge on any atom is -0.463 e. The van der Waals surface area contributed by atoms with Gasteiger partial charge < -0.3 is 19.0 Å². The molecule has 0 aliphatic heterocycles. The van der Waals surface area contributed by atoms with Crippen LogP contribution in [0, 0.1) is 24.0 Å². The van der Waals surface area contributed by atoms with Gasteiger partial charge in [0.25, 0.3) is 5.09 Å². The van der Waals surface area contributed by atoms with Crippen LogP contribution in [0.4, 0.5) is 0 Å². The van der Waals surface area contributed by atoms with Gasteiger partial charge in [-0.2, -0.15) is 0 Å². The van der Waals surface area contributed by atoms with Gasteiger partial charge in [-0.05, 0) is 43.9 Å². The van der Waals surface area contributed by atoms with Crippen LogP contribution < -0.4 is 4.74 Å². The molecule has 0 aliphatic carbocycles. The first-order chi connectivity index (χ1) is 20.9. The van der Waals surface area contributed by atoms with E-state index < -0.39 is 22.8 Å². The highest BCUT2D eigenvalue weighted by Gasteiger charge is 2.50. The minimum atomic E-state index is -1.32. The Kier molecular flexibility index (Phi) is 13.8. The van der Waals surface area contributed by atoms with Crippen LogP contribution in [-0.2, 0) is 24.7 Å². The van der Waals surface area contributed by atoms with Crippen molar-refractivity contribution in [1.29, 1.82) is 0 Å². The van der Waals surface area contributed by atoms with Crippen molar-refractivity contribution in [3.05, 3.63) is 99.4 Å². The molecule has 0 saturated carbocycles. The number of hydrogen-bond donors (Lipinski definition) is 0. The zero-order valence-corrected chi connectivity index (χ0v) is 25.4. The van der Waals surface area contributed by atoms with E-state index in [0.717, 1.165) is 73.9 Å². The SMILES string of the molecule is COC(c1ccccc1)(c1ccccc1)[C@H](Oc1nc(C)cc(C)n1)C(=O)OCCCCCCCCCCCO[N+](=O)[O-]. The van der Waals surface area contributed by atoms with Gasteiger partial charge in [0.1, 0.15) is 0 Å². The first kappa shape index (κ1) is 33.5. The van der Waals surface area contributed by atoms with Crippen LogP contribution in [0.15, 0.2) is 66.7 Å². The molecule has 0 saturated heterocycles. The third kappa shape index (κ3) is 10.3. The molecule has 0 unspecified atom stereocenters. The highest BCUT2D eigenvalue weighted by Crippen LogP contribution is 2.39. The monoisotopic (exact) mass is 593 g/mol. The molecule has 1 aromatic heterocycles. The maximum Gasteiger partial charge on any atom is 0.351 e. The summed E-state index contributed by atoms with van der Waals surface area (Å²) in [5, 5.41) is 9.42. The van der Waals surface area contributed by atoms with Crippen LogP contribution in [0.5, 0.6) is 6.01 Å². The summed E-state index contributed by atoms with van der Waals surface area (Å²) in [7, 11) is 1.56. The lowest BCUT2D eigenvalue weighted by molar-refractivity contribution is -0.757. The fourth-order valence-corrected chi connectivity index (χ4v) is 5.16. The maximum atomic E-state index is 13.9. The Morgan fingerprint density at radius 3 is 1.72 bits per heavy atom. The van der Waals surface area contributed by atoms with Crippen molar-refractivity contribution in [2.75, 3.05) is 20.3 Å². The van der Waals surface area contributed by atoms with E-state index in [0.29, 0.717) is 6.42 Å². The fourth-order valence-electron chi connectivity index (χ4n) is 5.16. The molecule has 0 N–H and O–H groups in total. The van der Waals surface area contributed by atoms with Crippen LogP contribution in [0.2, 0.25) is 0 Å². The molecule has 0 aliphatic rings. The Hall–Kier alpha value is -4.05. The Morgan fingerprint density at radius 2 is 1.26 bits per heavy atom. The van der Waals surface area contributed by atoms with Crippen molar-refractivity contribution in [2.24, 2.45) is 0 Å². The second-order valence-electron chi connectivity index (χ2n) is 10.5.